The molecule has 0 saturated carbocycles. The fourth-order valence-corrected chi connectivity index (χ4v) is 2.61. The summed E-state index contributed by atoms with van der Waals surface area (Å²) >= 11 is 12.0. The molecule has 0 heterocycles. The summed E-state index contributed by atoms with van der Waals surface area (Å²) in [6, 6.07) is 5.02. The van der Waals surface area contributed by atoms with Gasteiger partial charge >= 0.3 is 0 Å². The molecule has 0 bridgehead atoms. The number of carbonyl (C=O) groups is 1. The number of ketones is 1. The molecule has 4 heteroatoms. The van der Waals surface area contributed by atoms with E-state index in [9.17, 15) is 4.79 Å². The van der Waals surface area contributed by atoms with Crippen LogP contribution in [0.5, 0.6) is 0 Å². The Labute approximate surface area is 132 Å². The van der Waals surface area contributed by atoms with Crippen LogP contribution in [0.15, 0.2) is 18.2 Å². The van der Waals surface area contributed by atoms with E-state index in [4.69, 9.17) is 23.2 Å². The second kappa shape index (κ2) is 8.66. The highest BCUT2D eigenvalue weighted by Crippen LogP contribution is 2.21. The number of halogens is 2. The molecule has 1 aromatic rings. The van der Waals surface area contributed by atoms with E-state index >= 15 is 0 Å². The standard InChI is InChI=1S/C16H23Cl2NO/c1-4-12(5-2)10-19(6-3)11-16(20)14-9-13(17)7-8-15(14)18/h7-9,12H,4-6,10-11H2,1-3H3. The Morgan fingerprint density at radius 1 is 1.20 bits per heavy atom. The number of Topliss-reactive ketones (excluding diaryl/α,β-unsaturated/α-hetero) is 1. The smallest absolute Gasteiger partial charge is 0.178 e. The van der Waals surface area contributed by atoms with E-state index in [0.717, 1.165) is 25.9 Å². The lowest BCUT2D eigenvalue weighted by atomic mass is 10.0. The minimum absolute atomic E-state index is 0.0327. The maximum atomic E-state index is 12.4. The lowest BCUT2D eigenvalue weighted by Crippen LogP contribution is -2.34. The van der Waals surface area contributed by atoms with E-state index < -0.39 is 0 Å². The van der Waals surface area contributed by atoms with Gasteiger partial charge in [-0.05, 0) is 30.7 Å². The summed E-state index contributed by atoms with van der Waals surface area (Å²) < 4.78 is 0. The lowest BCUT2D eigenvalue weighted by Gasteiger charge is -2.24. The highest BCUT2D eigenvalue weighted by Gasteiger charge is 2.17. The Morgan fingerprint density at radius 3 is 2.40 bits per heavy atom. The first kappa shape index (κ1) is 17.5. The van der Waals surface area contributed by atoms with Crippen molar-refractivity contribution >= 4 is 29.0 Å². The van der Waals surface area contributed by atoms with Gasteiger partial charge in [0.2, 0.25) is 0 Å². The monoisotopic (exact) mass is 315 g/mol. The van der Waals surface area contributed by atoms with E-state index in [1.807, 2.05) is 0 Å². The lowest BCUT2D eigenvalue weighted by molar-refractivity contribution is 0.0921. The maximum absolute atomic E-state index is 12.4. The minimum atomic E-state index is 0.0327. The van der Waals surface area contributed by atoms with Gasteiger partial charge in [0.05, 0.1) is 11.6 Å². The van der Waals surface area contributed by atoms with Gasteiger partial charge < -0.3 is 0 Å². The van der Waals surface area contributed by atoms with Crippen molar-refractivity contribution in [3.63, 3.8) is 0 Å². The molecule has 0 aliphatic carbocycles. The van der Waals surface area contributed by atoms with Crippen LogP contribution in [0.3, 0.4) is 0 Å². The van der Waals surface area contributed by atoms with E-state index in [0.29, 0.717) is 28.1 Å². The molecule has 2 nitrogen and oxygen atoms in total. The van der Waals surface area contributed by atoms with Gasteiger partial charge in [0.25, 0.3) is 0 Å². The van der Waals surface area contributed by atoms with Gasteiger partial charge in [-0.15, -0.1) is 0 Å². The maximum Gasteiger partial charge on any atom is 0.178 e. The van der Waals surface area contributed by atoms with Crippen LogP contribution in [0.4, 0.5) is 0 Å². The number of hydrogen-bond donors (Lipinski definition) is 0. The summed E-state index contributed by atoms with van der Waals surface area (Å²) in [5.74, 6) is 0.669. The zero-order valence-corrected chi connectivity index (χ0v) is 14.0. The molecule has 0 saturated heterocycles. The molecule has 0 aliphatic rings. The van der Waals surface area contributed by atoms with Crippen LogP contribution in [0.1, 0.15) is 44.0 Å². The third kappa shape index (κ3) is 5.08. The van der Waals surface area contributed by atoms with Crippen LogP contribution in [-0.2, 0) is 0 Å². The topological polar surface area (TPSA) is 20.3 Å². The molecule has 0 amide bonds. The van der Waals surface area contributed by atoms with Crippen LogP contribution < -0.4 is 0 Å². The predicted molar refractivity (Wildman–Crippen MR) is 87.0 cm³/mol. The average molecular weight is 316 g/mol. The number of carbonyl (C=O) groups excluding carboxylic acids is 1. The SMILES string of the molecule is CCC(CC)CN(CC)CC(=O)c1cc(Cl)ccc1Cl. The van der Waals surface area contributed by atoms with Crippen molar-refractivity contribution in [1.82, 2.24) is 4.90 Å². The molecular formula is C16H23Cl2NO. The van der Waals surface area contributed by atoms with Crippen molar-refractivity contribution < 1.29 is 4.79 Å². The van der Waals surface area contributed by atoms with Crippen LogP contribution in [0.2, 0.25) is 10.0 Å². The number of rotatable bonds is 8. The number of benzene rings is 1. The zero-order chi connectivity index (χ0) is 15.1. The molecule has 0 atom stereocenters. The molecule has 0 N–H and O–H groups in total. The average Bonchev–Trinajstić information content (AvgIpc) is 2.45. The number of nitrogens with zero attached hydrogens (tertiary/aromatic N) is 1. The summed E-state index contributed by atoms with van der Waals surface area (Å²) in [6.07, 6.45) is 2.28. The summed E-state index contributed by atoms with van der Waals surface area (Å²) in [5.41, 5.74) is 0.516. The van der Waals surface area contributed by atoms with Gasteiger partial charge in [-0.3, -0.25) is 9.69 Å². The molecule has 1 rings (SSSR count). The summed E-state index contributed by atoms with van der Waals surface area (Å²) in [4.78, 5) is 14.5. The van der Waals surface area contributed by atoms with Gasteiger partial charge in [-0.2, -0.15) is 0 Å². The quantitative estimate of drug-likeness (QED) is 0.634. The highest BCUT2D eigenvalue weighted by molar-refractivity contribution is 6.36. The largest absolute Gasteiger partial charge is 0.296 e. The molecule has 0 radical (unpaired) electrons. The number of likely N-dealkylation sites (N-methyl/N-ethyl adjacent to an activating group) is 1. The molecule has 0 aromatic heterocycles. The Kier molecular flexibility index (Phi) is 7.57. The molecule has 0 unspecified atom stereocenters. The van der Waals surface area contributed by atoms with Crippen LogP contribution >= 0.6 is 23.2 Å². The van der Waals surface area contributed by atoms with Crippen molar-refractivity contribution in [1.29, 1.82) is 0 Å². The highest BCUT2D eigenvalue weighted by atomic mass is 35.5. The summed E-state index contributed by atoms with van der Waals surface area (Å²) in [6.45, 7) is 8.67. The van der Waals surface area contributed by atoms with E-state index in [2.05, 4.69) is 25.7 Å². The van der Waals surface area contributed by atoms with Gasteiger partial charge in [0.15, 0.2) is 5.78 Å². The Balaban J connectivity index is 2.74. The fraction of sp³-hybridized carbons (Fsp3) is 0.562. The van der Waals surface area contributed by atoms with Crippen molar-refractivity contribution in [3.05, 3.63) is 33.8 Å². The predicted octanol–water partition coefficient (Wildman–Crippen LogP) is 4.93. The van der Waals surface area contributed by atoms with Crippen molar-refractivity contribution in [3.8, 4) is 0 Å². The number of hydrogen-bond acceptors (Lipinski definition) is 2. The van der Waals surface area contributed by atoms with E-state index in [-0.39, 0.29) is 5.78 Å². The second-order valence-corrected chi connectivity index (χ2v) is 5.90. The van der Waals surface area contributed by atoms with Gasteiger partial charge in [0, 0.05) is 17.1 Å². The summed E-state index contributed by atoms with van der Waals surface area (Å²) in [5, 5.41) is 1.01. The molecule has 112 valence electrons. The van der Waals surface area contributed by atoms with E-state index in [1.54, 1.807) is 18.2 Å². The normalized spacial score (nSPS) is 11.3. The molecule has 1 aromatic carbocycles. The first-order valence-electron chi connectivity index (χ1n) is 7.22. The summed E-state index contributed by atoms with van der Waals surface area (Å²) in [7, 11) is 0. The third-order valence-electron chi connectivity index (χ3n) is 3.71. The van der Waals surface area contributed by atoms with Gasteiger partial charge in [-0.25, -0.2) is 0 Å². The molecular weight excluding hydrogens is 293 g/mol. The van der Waals surface area contributed by atoms with Crippen LogP contribution in [0, 0.1) is 5.92 Å². The Morgan fingerprint density at radius 2 is 1.85 bits per heavy atom. The molecule has 0 fully saturated rings. The zero-order valence-electron chi connectivity index (χ0n) is 12.5. The van der Waals surface area contributed by atoms with Crippen molar-refractivity contribution in [2.24, 2.45) is 5.92 Å². The van der Waals surface area contributed by atoms with Crippen molar-refractivity contribution in [2.75, 3.05) is 19.6 Å². The van der Waals surface area contributed by atoms with Gasteiger partial charge in [-0.1, -0.05) is 56.8 Å². The Hall–Kier alpha value is -0.570. The van der Waals surface area contributed by atoms with Crippen molar-refractivity contribution in [2.45, 2.75) is 33.6 Å². The fourth-order valence-electron chi connectivity index (χ4n) is 2.22. The molecule has 20 heavy (non-hydrogen) atoms. The Bertz CT molecular complexity index is 444. The first-order valence-corrected chi connectivity index (χ1v) is 7.97. The minimum Gasteiger partial charge on any atom is -0.296 e. The van der Waals surface area contributed by atoms with Crippen LogP contribution in [0.25, 0.3) is 0 Å². The molecule has 0 spiro atoms. The van der Waals surface area contributed by atoms with E-state index in [1.165, 1.54) is 0 Å². The van der Waals surface area contributed by atoms with Crippen LogP contribution in [-0.4, -0.2) is 30.3 Å². The van der Waals surface area contributed by atoms with Gasteiger partial charge in [0.1, 0.15) is 0 Å². The second-order valence-electron chi connectivity index (χ2n) is 5.06. The first-order chi connectivity index (χ1) is 9.51. The molecule has 0 aliphatic heterocycles. The third-order valence-corrected chi connectivity index (χ3v) is 4.28.